The molecule has 2 amide bonds. The standard InChI is InChI=1S/C33H25Cl2FN4O2S/c34-24-10-6-9-23(17-24)32-30-31(22-7-2-1-3-8-22)38-40(27-12-5-4-11-26(27)35)33(30)39(29(42)20-43-32)19-28(41)37-18-21-13-15-25(36)16-14-21/h1-17,32H,18-20H2,(H,37,41). The van der Waals surface area contributed by atoms with Crippen LogP contribution in [0.15, 0.2) is 103 Å². The molecule has 43 heavy (non-hydrogen) atoms. The van der Waals surface area contributed by atoms with Gasteiger partial charge in [0.25, 0.3) is 0 Å². The van der Waals surface area contributed by atoms with Crippen LogP contribution in [0.1, 0.15) is 21.9 Å². The monoisotopic (exact) mass is 630 g/mol. The Bertz CT molecular complexity index is 1800. The summed E-state index contributed by atoms with van der Waals surface area (Å²) < 4.78 is 15.0. The minimum absolute atomic E-state index is 0.119. The van der Waals surface area contributed by atoms with Gasteiger partial charge in [-0.1, -0.05) is 89.9 Å². The molecule has 0 bridgehead atoms. The number of para-hydroxylation sites is 1. The van der Waals surface area contributed by atoms with Crippen molar-refractivity contribution in [2.45, 2.75) is 11.8 Å². The first-order valence-electron chi connectivity index (χ1n) is 13.5. The van der Waals surface area contributed by atoms with Crippen molar-refractivity contribution in [3.05, 3.63) is 136 Å². The highest BCUT2D eigenvalue weighted by Gasteiger charge is 2.38. The van der Waals surface area contributed by atoms with Gasteiger partial charge in [0, 0.05) is 22.7 Å². The molecule has 0 fully saturated rings. The zero-order valence-corrected chi connectivity index (χ0v) is 25.0. The van der Waals surface area contributed by atoms with Crippen LogP contribution in [-0.2, 0) is 16.1 Å². The molecule has 2 heterocycles. The summed E-state index contributed by atoms with van der Waals surface area (Å²) >= 11 is 14.6. The summed E-state index contributed by atoms with van der Waals surface area (Å²) in [4.78, 5) is 28.7. The van der Waals surface area contributed by atoms with Crippen molar-refractivity contribution in [3.8, 4) is 16.9 Å². The van der Waals surface area contributed by atoms with Crippen molar-refractivity contribution in [2.24, 2.45) is 0 Å². The summed E-state index contributed by atoms with van der Waals surface area (Å²) in [6.45, 7) is -0.0623. The average molecular weight is 632 g/mol. The van der Waals surface area contributed by atoms with Gasteiger partial charge in [-0.3, -0.25) is 14.5 Å². The number of thioether (sulfide) groups is 1. The lowest BCUT2D eigenvalue weighted by molar-refractivity contribution is -0.123. The van der Waals surface area contributed by atoms with Crippen LogP contribution in [0.2, 0.25) is 10.0 Å². The van der Waals surface area contributed by atoms with E-state index in [1.54, 1.807) is 22.9 Å². The van der Waals surface area contributed by atoms with Crippen molar-refractivity contribution >= 4 is 52.6 Å². The maximum atomic E-state index is 13.9. The molecule has 1 aliphatic heterocycles. The number of aromatic nitrogens is 2. The van der Waals surface area contributed by atoms with Crippen molar-refractivity contribution in [1.82, 2.24) is 15.1 Å². The highest BCUT2D eigenvalue weighted by atomic mass is 35.5. The minimum atomic E-state index is -0.372. The van der Waals surface area contributed by atoms with Gasteiger partial charge >= 0.3 is 0 Å². The van der Waals surface area contributed by atoms with Gasteiger partial charge in [-0.25, -0.2) is 9.07 Å². The van der Waals surface area contributed by atoms with Crippen LogP contribution in [0, 0.1) is 5.82 Å². The number of nitrogens with zero attached hydrogens (tertiary/aromatic N) is 3. The number of fused-ring (bicyclic) bond motifs is 1. The van der Waals surface area contributed by atoms with Gasteiger partial charge < -0.3 is 5.32 Å². The molecule has 10 heteroatoms. The summed E-state index contributed by atoms with van der Waals surface area (Å²) in [5.74, 6) is -0.396. The van der Waals surface area contributed by atoms with Gasteiger partial charge in [0.15, 0.2) is 0 Å². The van der Waals surface area contributed by atoms with Gasteiger partial charge in [-0.05, 0) is 47.5 Å². The zero-order valence-electron chi connectivity index (χ0n) is 22.7. The molecule has 5 aromatic rings. The number of nitrogens with one attached hydrogen (secondary N) is 1. The summed E-state index contributed by atoms with van der Waals surface area (Å²) in [5, 5.41) is 8.61. The molecule has 6 rings (SSSR count). The first-order chi connectivity index (χ1) is 20.9. The fourth-order valence-corrected chi connectivity index (χ4v) is 6.66. The third-order valence-corrected chi connectivity index (χ3v) is 8.88. The van der Waals surface area contributed by atoms with Crippen molar-refractivity contribution < 1.29 is 14.0 Å². The fourth-order valence-electron chi connectivity index (χ4n) is 5.06. The molecule has 1 aliphatic rings. The summed E-state index contributed by atoms with van der Waals surface area (Å²) in [7, 11) is 0. The second kappa shape index (κ2) is 12.6. The van der Waals surface area contributed by atoms with Crippen molar-refractivity contribution in [1.29, 1.82) is 0 Å². The summed E-state index contributed by atoms with van der Waals surface area (Å²) in [5.41, 5.74) is 4.51. The van der Waals surface area contributed by atoms with Crippen LogP contribution >= 0.6 is 35.0 Å². The van der Waals surface area contributed by atoms with Crippen LogP contribution in [-0.4, -0.2) is 33.9 Å². The Morgan fingerprint density at radius 1 is 0.953 bits per heavy atom. The maximum Gasteiger partial charge on any atom is 0.240 e. The van der Waals surface area contributed by atoms with E-state index in [9.17, 15) is 14.0 Å². The molecule has 0 saturated heterocycles. The average Bonchev–Trinajstić information content (AvgIpc) is 3.33. The van der Waals surface area contributed by atoms with E-state index in [0.717, 1.165) is 22.3 Å². The lowest BCUT2D eigenvalue weighted by atomic mass is 9.99. The number of benzene rings is 4. The smallest absolute Gasteiger partial charge is 0.240 e. The topological polar surface area (TPSA) is 67.2 Å². The second-order valence-electron chi connectivity index (χ2n) is 9.94. The third-order valence-electron chi connectivity index (χ3n) is 7.07. The maximum absolute atomic E-state index is 13.9. The van der Waals surface area contributed by atoms with Crippen LogP contribution in [0.3, 0.4) is 0 Å². The molecular formula is C33H25Cl2FN4O2S. The van der Waals surface area contributed by atoms with Gasteiger partial charge in [0.05, 0.1) is 27.4 Å². The Morgan fingerprint density at radius 3 is 2.44 bits per heavy atom. The fraction of sp³-hybridized carbons (Fsp3) is 0.121. The van der Waals surface area contributed by atoms with Crippen LogP contribution in [0.25, 0.3) is 16.9 Å². The van der Waals surface area contributed by atoms with E-state index in [2.05, 4.69) is 5.32 Å². The lowest BCUT2D eigenvalue weighted by Gasteiger charge is -2.23. The number of rotatable bonds is 7. The van der Waals surface area contributed by atoms with Gasteiger partial charge in [0.1, 0.15) is 18.2 Å². The number of anilines is 1. The zero-order chi connectivity index (χ0) is 29.9. The molecule has 1 unspecified atom stereocenters. The Morgan fingerprint density at radius 2 is 1.70 bits per heavy atom. The number of halogens is 3. The molecule has 0 spiro atoms. The Kier molecular flexibility index (Phi) is 8.51. The van der Waals surface area contributed by atoms with E-state index in [-0.39, 0.29) is 41.7 Å². The van der Waals surface area contributed by atoms with Crippen LogP contribution in [0.4, 0.5) is 10.2 Å². The first kappa shape index (κ1) is 29.0. The van der Waals surface area contributed by atoms with E-state index in [4.69, 9.17) is 28.3 Å². The highest BCUT2D eigenvalue weighted by Crippen LogP contribution is 2.49. The van der Waals surface area contributed by atoms with Gasteiger partial charge in [-0.15, -0.1) is 11.8 Å². The number of hydrogen-bond donors (Lipinski definition) is 1. The van der Waals surface area contributed by atoms with Gasteiger partial charge in [0.2, 0.25) is 11.8 Å². The van der Waals surface area contributed by atoms with E-state index in [0.29, 0.717) is 27.2 Å². The Hall–Kier alpha value is -4.11. The SMILES string of the molecule is O=C(CN1C(=O)CSC(c2cccc(Cl)c2)c2c(-c3ccccc3)nn(-c3ccccc3Cl)c21)NCc1ccc(F)cc1. The molecule has 216 valence electrons. The third kappa shape index (κ3) is 6.18. The van der Waals surface area contributed by atoms with Crippen LogP contribution in [0.5, 0.6) is 0 Å². The van der Waals surface area contributed by atoms with E-state index in [1.165, 1.54) is 28.8 Å². The van der Waals surface area contributed by atoms with Crippen LogP contribution < -0.4 is 10.2 Å². The predicted molar refractivity (Wildman–Crippen MR) is 170 cm³/mol. The van der Waals surface area contributed by atoms with E-state index >= 15 is 0 Å². The number of carbonyl (C=O) groups is 2. The molecule has 1 atom stereocenters. The lowest BCUT2D eigenvalue weighted by Crippen LogP contribution is -2.42. The van der Waals surface area contributed by atoms with Gasteiger partial charge in [-0.2, -0.15) is 5.10 Å². The molecule has 1 N–H and O–H groups in total. The highest BCUT2D eigenvalue weighted by molar-refractivity contribution is 8.00. The van der Waals surface area contributed by atoms with Crippen molar-refractivity contribution in [2.75, 3.05) is 17.2 Å². The summed E-state index contributed by atoms with van der Waals surface area (Å²) in [6, 6.07) is 30.4. The Labute approximate surface area is 262 Å². The molecule has 4 aromatic carbocycles. The number of amides is 2. The molecule has 6 nitrogen and oxygen atoms in total. The molecule has 0 aliphatic carbocycles. The second-order valence-corrected chi connectivity index (χ2v) is 11.9. The molecule has 1 aromatic heterocycles. The predicted octanol–water partition coefficient (Wildman–Crippen LogP) is 7.47. The number of carbonyl (C=O) groups excluding carboxylic acids is 2. The minimum Gasteiger partial charge on any atom is -0.350 e. The normalized spacial score (nSPS) is 14.7. The molecular weight excluding hydrogens is 606 g/mol. The number of hydrogen-bond acceptors (Lipinski definition) is 4. The molecule has 0 radical (unpaired) electrons. The van der Waals surface area contributed by atoms with E-state index < -0.39 is 0 Å². The quantitative estimate of drug-likeness (QED) is 0.203. The largest absolute Gasteiger partial charge is 0.350 e. The Balaban J connectivity index is 1.51. The molecule has 0 saturated carbocycles. The summed E-state index contributed by atoms with van der Waals surface area (Å²) in [6.07, 6.45) is 0. The van der Waals surface area contributed by atoms with E-state index in [1.807, 2.05) is 72.8 Å². The van der Waals surface area contributed by atoms with Crippen molar-refractivity contribution in [3.63, 3.8) is 0 Å². The first-order valence-corrected chi connectivity index (χ1v) is 15.3.